The van der Waals surface area contributed by atoms with Crippen molar-refractivity contribution >= 4 is 11.9 Å². The van der Waals surface area contributed by atoms with Gasteiger partial charge in [-0.15, -0.1) is 0 Å². The number of carbonyl (C=O) groups excluding carboxylic acids is 1. The molecule has 3 N–H and O–H groups in total. The van der Waals surface area contributed by atoms with E-state index in [1.807, 2.05) is 38.1 Å². The molecule has 0 fully saturated rings. The summed E-state index contributed by atoms with van der Waals surface area (Å²) < 4.78 is 10.4. The lowest BCUT2D eigenvalue weighted by Gasteiger charge is -2.11. The number of ether oxygens (including phenoxy) is 2. The standard InChI is InChI=1S/C19H32N4O3/c1-4-20-18(24)17-9-6-8-16(14-17)15-23-19(21-5-2)22-10-7-11-26-13-12-25-3/h6,8-9,14H,4-5,7,10-13,15H2,1-3H3,(H,20,24)(H2,21,22,23). The summed E-state index contributed by atoms with van der Waals surface area (Å²) in [5, 5.41) is 9.32. The van der Waals surface area contributed by atoms with Gasteiger partial charge in [-0.1, -0.05) is 12.1 Å². The maximum Gasteiger partial charge on any atom is 0.251 e. The van der Waals surface area contributed by atoms with Gasteiger partial charge >= 0.3 is 0 Å². The molecular formula is C19H32N4O3. The number of guanidine groups is 1. The van der Waals surface area contributed by atoms with Crippen LogP contribution in [-0.2, 0) is 16.0 Å². The number of hydrogen-bond acceptors (Lipinski definition) is 4. The van der Waals surface area contributed by atoms with E-state index in [2.05, 4.69) is 20.9 Å². The molecule has 0 saturated carbocycles. The molecule has 0 saturated heterocycles. The molecule has 0 aromatic heterocycles. The topological polar surface area (TPSA) is 84.0 Å². The summed E-state index contributed by atoms with van der Waals surface area (Å²) in [4.78, 5) is 16.5. The molecule has 7 heteroatoms. The van der Waals surface area contributed by atoms with E-state index in [9.17, 15) is 4.79 Å². The van der Waals surface area contributed by atoms with Crippen molar-refractivity contribution in [1.82, 2.24) is 16.0 Å². The maximum atomic E-state index is 11.9. The summed E-state index contributed by atoms with van der Waals surface area (Å²) in [6.45, 7) is 8.54. The minimum Gasteiger partial charge on any atom is -0.382 e. The molecule has 1 aromatic rings. The predicted octanol–water partition coefficient (Wildman–Crippen LogP) is 1.54. The fourth-order valence-electron chi connectivity index (χ4n) is 2.21. The summed E-state index contributed by atoms with van der Waals surface area (Å²) in [6, 6.07) is 7.54. The Hall–Kier alpha value is -2.12. The number of amides is 1. The monoisotopic (exact) mass is 364 g/mol. The van der Waals surface area contributed by atoms with Crippen molar-refractivity contribution in [2.45, 2.75) is 26.8 Å². The maximum absolute atomic E-state index is 11.9. The van der Waals surface area contributed by atoms with Gasteiger partial charge in [0.25, 0.3) is 5.91 Å². The van der Waals surface area contributed by atoms with Crippen LogP contribution in [0.4, 0.5) is 0 Å². The molecule has 0 bridgehead atoms. The third-order valence-electron chi connectivity index (χ3n) is 3.48. The van der Waals surface area contributed by atoms with Gasteiger partial charge in [0, 0.05) is 38.9 Å². The average molecular weight is 364 g/mol. The summed E-state index contributed by atoms with van der Waals surface area (Å²) in [5.41, 5.74) is 1.65. The van der Waals surface area contributed by atoms with Crippen LogP contribution < -0.4 is 16.0 Å². The molecule has 26 heavy (non-hydrogen) atoms. The van der Waals surface area contributed by atoms with Gasteiger partial charge in [-0.2, -0.15) is 0 Å². The van der Waals surface area contributed by atoms with E-state index in [4.69, 9.17) is 9.47 Å². The van der Waals surface area contributed by atoms with Crippen molar-refractivity contribution < 1.29 is 14.3 Å². The highest BCUT2D eigenvalue weighted by Gasteiger charge is 2.04. The smallest absolute Gasteiger partial charge is 0.251 e. The molecule has 146 valence electrons. The molecule has 0 radical (unpaired) electrons. The highest BCUT2D eigenvalue weighted by Crippen LogP contribution is 2.06. The van der Waals surface area contributed by atoms with Crippen molar-refractivity contribution in [3.63, 3.8) is 0 Å². The third-order valence-corrected chi connectivity index (χ3v) is 3.48. The highest BCUT2D eigenvalue weighted by atomic mass is 16.5. The lowest BCUT2D eigenvalue weighted by atomic mass is 10.1. The number of nitrogens with zero attached hydrogens (tertiary/aromatic N) is 1. The minimum atomic E-state index is -0.0585. The first-order chi connectivity index (χ1) is 12.7. The van der Waals surface area contributed by atoms with Crippen LogP contribution >= 0.6 is 0 Å². The van der Waals surface area contributed by atoms with E-state index >= 15 is 0 Å². The number of carbonyl (C=O) groups is 1. The summed E-state index contributed by atoms with van der Waals surface area (Å²) in [7, 11) is 1.66. The fourth-order valence-corrected chi connectivity index (χ4v) is 2.21. The molecule has 0 aliphatic heterocycles. The Kier molecular flexibility index (Phi) is 11.9. The molecule has 0 unspecified atom stereocenters. The van der Waals surface area contributed by atoms with Crippen LogP contribution in [0.2, 0.25) is 0 Å². The predicted molar refractivity (Wildman–Crippen MR) is 105 cm³/mol. The van der Waals surface area contributed by atoms with Crippen molar-refractivity contribution in [2.75, 3.05) is 46.6 Å². The van der Waals surface area contributed by atoms with Gasteiger partial charge in [0.15, 0.2) is 5.96 Å². The van der Waals surface area contributed by atoms with Gasteiger partial charge < -0.3 is 25.4 Å². The van der Waals surface area contributed by atoms with Crippen LogP contribution in [-0.4, -0.2) is 58.4 Å². The first-order valence-corrected chi connectivity index (χ1v) is 9.17. The zero-order valence-corrected chi connectivity index (χ0v) is 16.1. The summed E-state index contributed by atoms with van der Waals surface area (Å²) in [6.07, 6.45) is 0.890. The van der Waals surface area contributed by atoms with Crippen LogP contribution in [0.1, 0.15) is 36.2 Å². The van der Waals surface area contributed by atoms with Crippen LogP contribution in [0.25, 0.3) is 0 Å². The molecule has 1 aromatic carbocycles. The zero-order chi connectivity index (χ0) is 19.0. The van der Waals surface area contributed by atoms with Gasteiger partial charge in [0.2, 0.25) is 0 Å². The van der Waals surface area contributed by atoms with Crippen LogP contribution in [0, 0.1) is 0 Å². The van der Waals surface area contributed by atoms with E-state index in [1.54, 1.807) is 7.11 Å². The lowest BCUT2D eigenvalue weighted by molar-refractivity contribution is 0.0698. The molecule has 1 rings (SSSR count). The number of methoxy groups -OCH3 is 1. The number of nitrogens with one attached hydrogen (secondary N) is 3. The van der Waals surface area contributed by atoms with Gasteiger partial charge in [0.1, 0.15) is 0 Å². The number of hydrogen-bond donors (Lipinski definition) is 3. The van der Waals surface area contributed by atoms with Crippen molar-refractivity contribution in [1.29, 1.82) is 0 Å². The molecule has 0 aliphatic carbocycles. The minimum absolute atomic E-state index is 0.0585. The van der Waals surface area contributed by atoms with E-state index in [1.165, 1.54) is 0 Å². The molecule has 0 heterocycles. The third kappa shape index (κ3) is 9.39. The number of aliphatic imine (C=N–C) groups is 1. The molecule has 0 spiro atoms. The molecular weight excluding hydrogens is 332 g/mol. The largest absolute Gasteiger partial charge is 0.382 e. The van der Waals surface area contributed by atoms with E-state index in [0.717, 1.165) is 31.0 Å². The first kappa shape index (κ1) is 21.9. The van der Waals surface area contributed by atoms with Gasteiger partial charge in [-0.25, -0.2) is 4.99 Å². The van der Waals surface area contributed by atoms with Crippen molar-refractivity contribution in [3.05, 3.63) is 35.4 Å². The zero-order valence-electron chi connectivity index (χ0n) is 16.1. The molecule has 7 nitrogen and oxygen atoms in total. The van der Waals surface area contributed by atoms with Crippen LogP contribution in [0.5, 0.6) is 0 Å². The van der Waals surface area contributed by atoms with E-state index in [0.29, 0.717) is 38.5 Å². The van der Waals surface area contributed by atoms with Crippen molar-refractivity contribution in [3.8, 4) is 0 Å². The van der Waals surface area contributed by atoms with Crippen LogP contribution in [0.3, 0.4) is 0 Å². The normalized spacial score (nSPS) is 11.3. The number of benzene rings is 1. The summed E-state index contributed by atoms with van der Waals surface area (Å²) >= 11 is 0. The number of rotatable bonds is 12. The molecule has 0 atom stereocenters. The van der Waals surface area contributed by atoms with Gasteiger partial charge in [-0.05, 0) is 38.0 Å². The first-order valence-electron chi connectivity index (χ1n) is 9.17. The lowest BCUT2D eigenvalue weighted by Crippen LogP contribution is -2.38. The Labute approximate surface area is 156 Å². The molecule has 0 aliphatic rings. The Morgan fingerprint density at radius 3 is 2.62 bits per heavy atom. The van der Waals surface area contributed by atoms with Gasteiger partial charge in [-0.3, -0.25) is 4.79 Å². The fraction of sp³-hybridized carbons (Fsp3) is 0.579. The average Bonchev–Trinajstić information content (AvgIpc) is 2.65. The Morgan fingerprint density at radius 2 is 1.88 bits per heavy atom. The Morgan fingerprint density at radius 1 is 1.08 bits per heavy atom. The Bertz CT molecular complexity index is 549. The van der Waals surface area contributed by atoms with E-state index in [-0.39, 0.29) is 5.91 Å². The quantitative estimate of drug-likeness (QED) is 0.298. The van der Waals surface area contributed by atoms with Crippen molar-refractivity contribution in [2.24, 2.45) is 4.99 Å². The Balaban J connectivity index is 2.47. The SMILES string of the molecule is CCNC(=O)c1cccc(CN=C(NCC)NCCCOCCOC)c1. The second-order valence-electron chi connectivity index (χ2n) is 5.64. The van der Waals surface area contributed by atoms with Crippen LogP contribution in [0.15, 0.2) is 29.3 Å². The second kappa shape index (κ2) is 14.1. The van der Waals surface area contributed by atoms with E-state index < -0.39 is 0 Å². The second-order valence-corrected chi connectivity index (χ2v) is 5.64. The molecule has 1 amide bonds. The summed E-state index contributed by atoms with van der Waals surface area (Å²) in [5.74, 6) is 0.699. The highest BCUT2D eigenvalue weighted by molar-refractivity contribution is 5.94. The van der Waals surface area contributed by atoms with Gasteiger partial charge in [0.05, 0.1) is 19.8 Å².